The first kappa shape index (κ1) is 72.2. The Bertz CT molecular complexity index is 7430. The highest BCUT2D eigenvalue weighted by Gasteiger charge is 2.54. The van der Waals surface area contributed by atoms with Crippen LogP contribution >= 0.6 is 15.9 Å². The molecule has 12 saturated carbocycles. The molecule has 0 N–H and O–H groups in total. The summed E-state index contributed by atoms with van der Waals surface area (Å²) in [4.78, 5) is 0. The number of alkyl halides is 1. The van der Waals surface area contributed by atoms with Gasteiger partial charge < -0.3 is 0 Å². The van der Waals surface area contributed by atoms with Gasteiger partial charge in [0.25, 0.3) is 0 Å². The molecule has 0 atom stereocenters. The summed E-state index contributed by atoms with van der Waals surface area (Å²) in [7, 11) is 0. The van der Waals surface area contributed by atoms with Crippen LogP contribution in [0.4, 0.5) is 0 Å². The van der Waals surface area contributed by atoms with E-state index in [1.165, 1.54) is 315 Å². The third-order valence-corrected chi connectivity index (χ3v) is 37.1. The molecule has 0 heterocycles. The van der Waals surface area contributed by atoms with Gasteiger partial charge in [-0.1, -0.05) is 298 Å². The van der Waals surface area contributed by atoms with Crippen LogP contribution in [-0.4, -0.2) is 4.32 Å². The van der Waals surface area contributed by atoms with Gasteiger partial charge in [0.1, 0.15) is 0 Å². The maximum Gasteiger partial charge on any atom is 0.0266 e. The molecule has 0 radical (unpaired) electrons. The minimum atomic E-state index is -0.133. The van der Waals surface area contributed by atoms with Crippen molar-refractivity contribution in [1.82, 2.24) is 0 Å². The largest absolute Gasteiger partial charge is 0.0853 e. The Labute approximate surface area is 741 Å². The second kappa shape index (κ2) is 25.5. The quantitative estimate of drug-likeness (QED) is 0.115. The van der Waals surface area contributed by atoms with Crippen LogP contribution in [0.15, 0.2) is 279 Å². The molecule has 1 heteroatoms. The van der Waals surface area contributed by atoms with E-state index in [0.29, 0.717) is 15.2 Å². The smallest absolute Gasteiger partial charge is 0.0266 e. The molecule has 0 nitrogen and oxygen atoms in total. The van der Waals surface area contributed by atoms with Crippen LogP contribution in [0.2, 0.25) is 0 Å². The summed E-state index contributed by atoms with van der Waals surface area (Å²) in [6.45, 7) is 9.73. The van der Waals surface area contributed by atoms with Gasteiger partial charge in [0, 0.05) is 15.2 Å². The van der Waals surface area contributed by atoms with Crippen molar-refractivity contribution < 1.29 is 0 Å². The van der Waals surface area contributed by atoms with Gasteiger partial charge in [-0.25, -0.2) is 0 Å². The summed E-state index contributed by atoms with van der Waals surface area (Å²) >= 11 is 3.96. The lowest BCUT2D eigenvalue weighted by Crippen LogP contribution is -2.48. The fraction of sp³-hybridized carbons (Fsp3) is 0.290. The lowest BCUT2D eigenvalue weighted by molar-refractivity contribution is -0.00520. The highest BCUT2D eigenvalue weighted by Crippen LogP contribution is 2.65. The van der Waals surface area contributed by atoms with E-state index in [9.17, 15) is 0 Å². The molecule has 0 amide bonds. The lowest BCUT2D eigenvalue weighted by atomic mass is 9.48. The first-order valence-electron chi connectivity index (χ1n) is 48.1. The van der Waals surface area contributed by atoms with Crippen molar-refractivity contribution in [3.63, 3.8) is 0 Å². The van der Waals surface area contributed by atoms with Crippen molar-refractivity contribution in [1.29, 1.82) is 0 Å². The number of halogens is 1. The Morgan fingerprint density at radius 3 is 0.656 bits per heavy atom. The molecule has 0 unspecified atom stereocenters. The van der Waals surface area contributed by atoms with Gasteiger partial charge in [-0.15, -0.1) is 0 Å². The van der Waals surface area contributed by atoms with Crippen molar-refractivity contribution in [2.24, 2.45) is 53.3 Å². The monoisotopic (exact) mass is 1670 g/mol. The van der Waals surface area contributed by atoms with Crippen LogP contribution in [0.5, 0.6) is 0 Å². The average molecular weight is 1670 g/mol. The van der Waals surface area contributed by atoms with Crippen LogP contribution in [0.1, 0.15) is 177 Å². The molecule has 12 bridgehead atoms. The van der Waals surface area contributed by atoms with E-state index in [1.54, 1.807) is 30.4 Å². The molecule has 14 aliphatic rings. The zero-order valence-electron chi connectivity index (χ0n) is 72.4. The van der Waals surface area contributed by atoms with Gasteiger partial charge in [0.05, 0.1) is 0 Å². The summed E-state index contributed by atoms with van der Waals surface area (Å²) in [5.74, 6) is 9.02. The molecule has 0 saturated heterocycles. The molecule has 0 aliphatic heterocycles. The van der Waals surface area contributed by atoms with Crippen molar-refractivity contribution in [3.8, 4) is 66.8 Å². The van der Waals surface area contributed by atoms with Crippen molar-refractivity contribution in [2.45, 2.75) is 169 Å². The van der Waals surface area contributed by atoms with Crippen LogP contribution in [0.3, 0.4) is 0 Å². The normalized spacial score (nSPS) is 26.5. The van der Waals surface area contributed by atoms with Gasteiger partial charge in [-0.2, -0.15) is 0 Å². The highest BCUT2D eigenvalue weighted by atomic mass is 79.9. The van der Waals surface area contributed by atoms with Crippen LogP contribution < -0.4 is 0 Å². The molecule has 20 aromatic rings. The number of benzene rings is 20. The zero-order valence-corrected chi connectivity index (χ0v) is 73.9. The summed E-state index contributed by atoms with van der Waals surface area (Å²) < 4.78 is 0.613. The molecule has 12 fully saturated rings. The summed E-state index contributed by atoms with van der Waals surface area (Å²) in [5, 5.41) is 33.0. The van der Waals surface area contributed by atoms with E-state index in [1.807, 2.05) is 0 Å². The Balaban J connectivity index is 0.000000116. The van der Waals surface area contributed by atoms with Crippen molar-refractivity contribution >= 4 is 145 Å². The molecule has 606 valence electrons. The minimum Gasteiger partial charge on any atom is -0.0853 e. The molecular formula is C124H103Br. The van der Waals surface area contributed by atoms with E-state index in [2.05, 4.69) is 323 Å². The molecular weight excluding hydrogens is 1570 g/mol. The van der Waals surface area contributed by atoms with E-state index >= 15 is 0 Å². The van der Waals surface area contributed by atoms with Crippen LogP contribution in [0, 0.1) is 53.3 Å². The third kappa shape index (κ3) is 10.4. The Morgan fingerprint density at radius 2 is 0.400 bits per heavy atom. The zero-order chi connectivity index (χ0) is 82.2. The van der Waals surface area contributed by atoms with Gasteiger partial charge >= 0.3 is 0 Å². The van der Waals surface area contributed by atoms with Gasteiger partial charge in [-0.05, 0) is 433 Å². The molecule has 34 rings (SSSR count). The Kier molecular flexibility index (Phi) is 14.7. The molecule has 0 spiro atoms. The summed E-state index contributed by atoms with van der Waals surface area (Å²) in [6, 6.07) is 110. The standard InChI is InChI=1S/C67H58.C47H30.C10H15Br/c1-65(2)59-29-45(53-13-7-43-3-5-47-25-51(27-49-11-17-57(53)63(43)61(47)49)66-31-37-19-38(32-66)21-39(20-37)33-66)9-15-55(59)56-16-10-46(30-60(56)65)54-14-8-44-4-6-48-26-52(28-50-12-18-58(54)64(44)62(48)50)67-34-40-22-41(35-67)24-42(23-40)36-67;1-47(2)41-25-33(35-19-13-31-11-9-27-5-3-7-29-15-23-39(35)45(31)43(27)29)17-21-37(41)38-22-18-34(26-42(38)47)36-20-14-32-12-10-28-6-4-8-30-16-24-40(36)46(32)44(28)30;11-10-4-7-1-8(5-10)3-9(2-7)6-10/h3-18,25-30,37-42H,19-24,31-36H2,1-2H3;3-26H,1-2H3;7-9H,1-6H2. The predicted octanol–water partition coefficient (Wildman–Crippen LogP) is 34.5. The maximum absolute atomic E-state index is 3.96. The Morgan fingerprint density at radius 1 is 0.200 bits per heavy atom. The molecule has 14 aliphatic carbocycles. The van der Waals surface area contributed by atoms with Gasteiger partial charge in [-0.3, -0.25) is 0 Å². The molecule has 125 heavy (non-hydrogen) atoms. The van der Waals surface area contributed by atoms with E-state index in [-0.39, 0.29) is 10.8 Å². The Hall–Kier alpha value is -11.0. The molecule has 20 aromatic carbocycles. The number of hydrogen-bond donors (Lipinski definition) is 0. The first-order chi connectivity index (χ1) is 61.0. The van der Waals surface area contributed by atoms with E-state index in [4.69, 9.17) is 0 Å². The van der Waals surface area contributed by atoms with Crippen molar-refractivity contribution in [2.75, 3.05) is 0 Å². The predicted molar refractivity (Wildman–Crippen MR) is 534 cm³/mol. The van der Waals surface area contributed by atoms with Crippen molar-refractivity contribution in [3.05, 3.63) is 312 Å². The number of fused-ring (bicyclic) bond motifs is 6. The third-order valence-electron chi connectivity index (χ3n) is 36.1. The summed E-state index contributed by atoms with van der Waals surface area (Å²) in [6.07, 6.45) is 26.6. The SMILES string of the molecule is BrC12CC3CC(CC(C3)C1)C2.CC1(C)c2cc(-c3ccc4ccc5cc(C67CC8CC(CC(C8)C6)C7)cc6ccc3c4c56)ccc2-c2ccc(-c3ccc4ccc5cc(C67CC8CC(CC(C8)C6)C7)cc6ccc3c4c56)cc21.CC1(C)c2cc(-c3ccc4ccc5cccc6ccc3c4c56)ccc2-c2ccc(-c3ccc4ccc5cccc6ccc3c4c56)cc21. The fourth-order valence-electron chi connectivity index (χ4n) is 31.8. The molecule has 0 aromatic heterocycles. The summed E-state index contributed by atoms with van der Waals surface area (Å²) in [5.41, 5.74) is 25.5. The van der Waals surface area contributed by atoms with E-state index < -0.39 is 0 Å². The highest BCUT2D eigenvalue weighted by molar-refractivity contribution is 9.10. The number of rotatable bonds is 6. The first-order valence-corrected chi connectivity index (χ1v) is 48.9. The fourth-order valence-corrected chi connectivity index (χ4v) is 33.2. The van der Waals surface area contributed by atoms with E-state index in [0.717, 1.165) is 53.3 Å². The number of hydrogen-bond acceptors (Lipinski definition) is 0. The van der Waals surface area contributed by atoms with Gasteiger partial charge in [0.15, 0.2) is 0 Å². The second-order valence-corrected chi connectivity index (χ2v) is 45.8. The van der Waals surface area contributed by atoms with Crippen LogP contribution in [-0.2, 0) is 21.7 Å². The van der Waals surface area contributed by atoms with Crippen LogP contribution in [0.25, 0.3) is 196 Å². The van der Waals surface area contributed by atoms with Gasteiger partial charge in [0.2, 0.25) is 0 Å². The minimum absolute atomic E-state index is 0.121. The topological polar surface area (TPSA) is 0 Å². The maximum atomic E-state index is 3.96. The second-order valence-electron chi connectivity index (χ2n) is 44.1. The lowest BCUT2D eigenvalue weighted by Gasteiger charge is -2.57. The average Bonchev–Trinajstić information content (AvgIpc) is 1.53.